The van der Waals surface area contributed by atoms with Crippen molar-refractivity contribution >= 4 is 21.8 Å². The number of hydrogen-bond acceptors (Lipinski definition) is 4. The Labute approximate surface area is 123 Å². The number of fused-ring (bicyclic) bond motifs is 1. The van der Waals surface area contributed by atoms with Crippen LogP contribution in [0.4, 0.5) is 0 Å². The number of nitrogens with one attached hydrogen (secondary N) is 1. The fraction of sp³-hybridized carbons (Fsp3) is 0.400. The summed E-state index contributed by atoms with van der Waals surface area (Å²) in [6.45, 7) is 0.707. The van der Waals surface area contributed by atoms with Crippen LogP contribution >= 0.6 is 0 Å². The van der Waals surface area contributed by atoms with Crippen molar-refractivity contribution in [1.82, 2.24) is 5.32 Å². The highest BCUT2D eigenvalue weighted by Gasteiger charge is 2.28. The lowest BCUT2D eigenvalue weighted by Crippen LogP contribution is -2.34. The van der Waals surface area contributed by atoms with E-state index in [-0.39, 0.29) is 23.5 Å². The number of sulfone groups is 1. The number of carbonyl (C=O) groups excluding carboxylic acids is 1. The molecule has 1 amide bonds. The van der Waals surface area contributed by atoms with Crippen LogP contribution in [0, 0.1) is 0 Å². The van der Waals surface area contributed by atoms with Gasteiger partial charge in [-0.3, -0.25) is 4.79 Å². The van der Waals surface area contributed by atoms with Gasteiger partial charge >= 0.3 is 0 Å². The Hall–Kier alpha value is -1.82. The van der Waals surface area contributed by atoms with Gasteiger partial charge in [-0.25, -0.2) is 8.42 Å². The van der Waals surface area contributed by atoms with E-state index in [1.54, 1.807) is 6.08 Å². The first-order chi connectivity index (χ1) is 10.0. The molecule has 0 saturated carbocycles. The highest BCUT2D eigenvalue weighted by molar-refractivity contribution is 7.91. The highest BCUT2D eigenvalue weighted by atomic mass is 32.2. The zero-order valence-electron chi connectivity index (χ0n) is 11.5. The van der Waals surface area contributed by atoms with E-state index in [1.807, 2.05) is 18.2 Å². The summed E-state index contributed by atoms with van der Waals surface area (Å²) in [5.74, 6) is 0.858. The van der Waals surface area contributed by atoms with E-state index in [0.29, 0.717) is 13.0 Å². The smallest absolute Gasteiger partial charge is 0.244 e. The molecule has 0 bridgehead atoms. The maximum absolute atomic E-state index is 11.8. The first-order valence-electron chi connectivity index (χ1n) is 6.97. The van der Waals surface area contributed by atoms with Gasteiger partial charge < -0.3 is 10.1 Å². The van der Waals surface area contributed by atoms with Crippen molar-refractivity contribution in [1.29, 1.82) is 0 Å². The van der Waals surface area contributed by atoms with Crippen LogP contribution in [0.2, 0.25) is 0 Å². The van der Waals surface area contributed by atoms with Crippen LogP contribution in [0.15, 0.2) is 24.3 Å². The van der Waals surface area contributed by atoms with Crippen molar-refractivity contribution < 1.29 is 17.9 Å². The maximum atomic E-state index is 11.8. The summed E-state index contributed by atoms with van der Waals surface area (Å²) in [5.41, 5.74) is 2.09. The standard InChI is InChI=1S/C15H17NO4S/c17-15(16-13-6-8-21(18,19)10-13)4-2-11-1-3-14-12(9-11)5-7-20-14/h1-4,9,13H,5-8,10H2,(H,16,17). The molecule has 1 N–H and O–H groups in total. The molecule has 1 fully saturated rings. The molecule has 5 nitrogen and oxygen atoms in total. The largest absolute Gasteiger partial charge is 0.493 e. The van der Waals surface area contributed by atoms with E-state index in [9.17, 15) is 13.2 Å². The molecule has 1 atom stereocenters. The summed E-state index contributed by atoms with van der Waals surface area (Å²) < 4.78 is 28.1. The van der Waals surface area contributed by atoms with Crippen molar-refractivity contribution in [2.75, 3.05) is 18.1 Å². The summed E-state index contributed by atoms with van der Waals surface area (Å²) in [4.78, 5) is 11.8. The topological polar surface area (TPSA) is 72.5 Å². The Bertz CT molecular complexity index is 694. The lowest BCUT2D eigenvalue weighted by Gasteiger charge is -2.07. The van der Waals surface area contributed by atoms with E-state index >= 15 is 0 Å². The van der Waals surface area contributed by atoms with Crippen molar-refractivity contribution in [3.05, 3.63) is 35.4 Å². The minimum absolute atomic E-state index is 0.0444. The lowest BCUT2D eigenvalue weighted by molar-refractivity contribution is -0.116. The van der Waals surface area contributed by atoms with Crippen molar-refractivity contribution in [2.45, 2.75) is 18.9 Å². The molecule has 0 aliphatic carbocycles. The number of hydrogen-bond donors (Lipinski definition) is 1. The molecule has 6 heteroatoms. The molecule has 2 aliphatic rings. The van der Waals surface area contributed by atoms with Gasteiger partial charge in [0, 0.05) is 18.5 Å². The van der Waals surface area contributed by atoms with Gasteiger partial charge in [0.2, 0.25) is 5.91 Å². The minimum atomic E-state index is -2.97. The quantitative estimate of drug-likeness (QED) is 0.844. The molecule has 1 aromatic carbocycles. The predicted molar refractivity (Wildman–Crippen MR) is 79.9 cm³/mol. The Kier molecular flexibility index (Phi) is 3.71. The van der Waals surface area contributed by atoms with Gasteiger partial charge in [-0.2, -0.15) is 0 Å². The molecule has 0 radical (unpaired) electrons. The SMILES string of the molecule is O=C(C=Cc1ccc2c(c1)CCO2)NC1CCS(=O)(=O)C1. The van der Waals surface area contributed by atoms with Gasteiger partial charge in [-0.05, 0) is 35.8 Å². The van der Waals surface area contributed by atoms with Crippen LogP contribution in [-0.2, 0) is 21.1 Å². The van der Waals surface area contributed by atoms with Crippen LogP contribution in [0.1, 0.15) is 17.5 Å². The normalized spacial score (nSPS) is 23.0. The van der Waals surface area contributed by atoms with Crippen LogP contribution in [0.5, 0.6) is 5.75 Å². The molecule has 2 aliphatic heterocycles. The van der Waals surface area contributed by atoms with Gasteiger partial charge in [-0.15, -0.1) is 0 Å². The number of ether oxygens (including phenoxy) is 1. The first-order valence-corrected chi connectivity index (χ1v) is 8.79. The molecular weight excluding hydrogens is 290 g/mol. The monoisotopic (exact) mass is 307 g/mol. The van der Waals surface area contributed by atoms with E-state index in [4.69, 9.17) is 4.74 Å². The molecular formula is C15H17NO4S. The second-order valence-electron chi connectivity index (χ2n) is 5.41. The Morgan fingerprint density at radius 3 is 3.00 bits per heavy atom. The summed E-state index contributed by atoms with van der Waals surface area (Å²) in [6, 6.07) is 5.55. The van der Waals surface area contributed by atoms with E-state index in [1.165, 1.54) is 6.08 Å². The number of benzene rings is 1. The third-order valence-corrected chi connectivity index (χ3v) is 5.49. The molecule has 21 heavy (non-hydrogen) atoms. The first kappa shape index (κ1) is 14.1. The average molecular weight is 307 g/mol. The van der Waals surface area contributed by atoms with Crippen molar-refractivity contribution in [3.8, 4) is 5.75 Å². The lowest BCUT2D eigenvalue weighted by atomic mass is 10.1. The molecule has 1 saturated heterocycles. The molecule has 1 unspecified atom stereocenters. The summed E-state index contributed by atoms with van der Waals surface area (Å²) in [7, 11) is -2.97. The highest BCUT2D eigenvalue weighted by Crippen LogP contribution is 2.26. The molecule has 0 spiro atoms. The summed E-state index contributed by atoms with van der Waals surface area (Å²) in [6.07, 6.45) is 4.57. The Morgan fingerprint density at radius 1 is 1.38 bits per heavy atom. The molecule has 3 rings (SSSR count). The molecule has 0 aromatic heterocycles. The van der Waals surface area contributed by atoms with Gasteiger partial charge in [0.15, 0.2) is 9.84 Å². The Balaban J connectivity index is 1.60. The fourth-order valence-corrected chi connectivity index (χ4v) is 4.31. The average Bonchev–Trinajstić information content (AvgIpc) is 3.02. The number of amides is 1. The van der Waals surface area contributed by atoms with Crippen LogP contribution in [0.25, 0.3) is 6.08 Å². The second-order valence-corrected chi connectivity index (χ2v) is 7.64. The Morgan fingerprint density at radius 2 is 2.24 bits per heavy atom. The third-order valence-electron chi connectivity index (χ3n) is 3.72. The molecule has 1 aromatic rings. The van der Waals surface area contributed by atoms with E-state index < -0.39 is 9.84 Å². The van der Waals surface area contributed by atoms with E-state index in [0.717, 1.165) is 23.3 Å². The summed E-state index contributed by atoms with van der Waals surface area (Å²) >= 11 is 0. The summed E-state index contributed by atoms with van der Waals surface area (Å²) in [5, 5.41) is 2.73. The maximum Gasteiger partial charge on any atom is 0.244 e. The number of rotatable bonds is 3. The molecule has 112 valence electrons. The van der Waals surface area contributed by atoms with Gasteiger partial charge in [0.05, 0.1) is 18.1 Å². The second kappa shape index (κ2) is 5.52. The van der Waals surface area contributed by atoms with Crippen molar-refractivity contribution in [2.24, 2.45) is 0 Å². The molecule has 2 heterocycles. The fourth-order valence-electron chi connectivity index (χ4n) is 2.64. The van der Waals surface area contributed by atoms with Crippen LogP contribution in [0.3, 0.4) is 0 Å². The van der Waals surface area contributed by atoms with Gasteiger partial charge in [0.1, 0.15) is 5.75 Å². The van der Waals surface area contributed by atoms with Gasteiger partial charge in [0.25, 0.3) is 0 Å². The van der Waals surface area contributed by atoms with E-state index in [2.05, 4.69) is 5.32 Å². The third kappa shape index (κ3) is 3.44. The van der Waals surface area contributed by atoms with Crippen LogP contribution < -0.4 is 10.1 Å². The van der Waals surface area contributed by atoms with Crippen molar-refractivity contribution in [3.63, 3.8) is 0 Å². The zero-order valence-corrected chi connectivity index (χ0v) is 12.4. The minimum Gasteiger partial charge on any atom is -0.493 e. The number of carbonyl (C=O) groups is 1. The van der Waals surface area contributed by atoms with Gasteiger partial charge in [-0.1, -0.05) is 6.07 Å². The van der Waals surface area contributed by atoms with Crippen LogP contribution in [-0.4, -0.2) is 38.5 Å². The zero-order chi connectivity index (χ0) is 14.9. The predicted octanol–water partition coefficient (Wildman–Crippen LogP) is 0.938.